The summed E-state index contributed by atoms with van der Waals surface area (Å²) in [5.74, 6) is 1.48. The Balaban J connectivity index is 1.29. The first-order valence-electron chi connectivity index (χ1n) is 11.1. The molecule has 166 valence electrons. The number of hydrogen-bond acceptors (Lipinski definition) is 8. The van der Waals surface area contributed by atoms with Gasteiger partial charge in [-0.25, -0.2) is 9.97 Å². The van der Waals surface area contributed by atoms with Crippen molar-refractivity contribution >= 4 is 5.82 Å². The van der Waals surface area contributed by atoms with Crippen LogP contribution in [0.5, 0.6) is 11.6 Å². The lowest BCUT2D eigenvalue weighted by Crippen LogP contribution is -2.53. The summed E-state index contributed by atoms with van der Waals surface area (Å²) in [5.41, 5.74) is 3.03. The van der Waals surface area contributed by atoms with Crippen molar-refractivity contribution in [3.8, 4) is 34.1 Å². The van der Waals surface area contributed by atoms with Gasteiger partial charge in [0.1, 0.15) is 12.1 Å². The highest BCUT2D eigenvalue weighted by molar-refractivity contribution is 5.73. The summed E-state index contributed by atoms with van der Waals surface area (Å²) in [6.45, 7) is 4.25. The fourth-order valence-corrected chi connectivity index (χ4v) is 4.58. The molecule has 1 atom stereocenters. The van der Waals surface area contributed by atoms with E-state index in [4.69, 9.17) is 4.74 Å². The Morgan fingerprint density at radius 3 is 2.66 bits per heavy atom. The van der Waals surface area contributed by atoms with E-state index in [0.29, 0.717) is 34.4 Å². The van der Waals surface area contributed by atoms with Crippen molar-refractivity contribution in [1.82, 2.24) is 25.5 Å². The third kappa shape index (κ3) is 4.10. The third-order valence-electron chi connectivity index (χ3n) is 6.59. The lowest BCUT2D eigenvalue weighted by atomic mass is 9.78. The molecule has 2 N–H and O–H groups in total. The van der Waals surface area contributed by atoms with Gasteiger partial charge >= 0.3 is 0 Å². The number of nitrogens with zero attached hydrogens (tertiary/aromatic N) is 5. The zero-order chi connectivity index (χ0) is 22.1. The molecule has 0 radical (unpaired) electrons. The van der Waals surface area contributed by atoms with E-state index in [9.17, 15) is 5.11 Å². The number of phenolic OH excluding ortho intramolecular Hbond substituents is 1. The molecule has 1 saturated heterocycles. The van der Waals surface area contributed by atoms with Crippen LogP contribution in [0.15, 0.2) is 42.7 Å². The van der Waals surface area contributed by atoms with Crippen molar-refractivity contribution in [2.75, 3.05) is 25.1 Å². The SMILES string of the molecule is COc1cc(-c2ccc(-c3ccc(N4CC[C@@H](NC5(C)CCC5)C4)nn3)c(O)c2)ncn1. The predicted octanol–water partition coefficient (Wildman–Crippen LogP) is 3.43. The number of phenols is 1. The zero-order valence-electron chi connectivity index (χ0n) is 18.5. The number of aromatic nitrogens is 4. The summed E-state index contributed by atoms with van der Waals surface area (Å²) in [4.78, 5) is 10.6. The van der Waals surface area contributed by atoms with Crippen LogP contribution in [-0.4, -0.2) is 57.1 Å². The van der Waals surface area contributed by atoms with Crippen LogP contribution < -0.4 is 15.0 Å². The zero-order valence-corrected chi connectivity index (χ0v) is 18.5. The second-order valence-corrected chi connectivity index (χ2v) is 8.94. The predicted molar refractivity (Wildman–Crippen MR) is 123 cm³/mol. The van der Waals surface area contributed by atoms with E-state index in [-0.39, 0.29) is 5.75 Å². The Labute approximate surface area is 187 Å². The van der Waals surface area contributed by atoms with Crippen molar-refractivity contribution in [1.29, 1.82) is 0 Å². The lowest BCUT2D eigenvalue weighted by molar-refractivity contribution is 0.189. The maximum Gasteiger partial charge on any atom is 0.216 e. The largest absolute Gasteiger partial charge is 0.507 e. The molecule has 8 heteroatoms. The third-order valence-corrected chi connectivity index (χ3v) is 6.59. The Kier molecular flexibility index (Phi) is 5.38. The topological polar surface area (TPSA) is 96.3 Å². The fraction of sp³-hybridized carbons (Fsp3) is 0.417. The first kappa shape index (κ1) is 20.6. The van der Waals surface area contributed by atoms with Crippen LogP contribution in [0.2, 0.25) is 0 Å². The minimum absolute atomic E-state index is 0.126. The van der Waals surface area contributed by atoms with Gasteiger partial charge in [0.05, 0.1) is 18.5 Å². The molecule has 3 heterocycles. The molecule has 0 unspecified atom stereocenters. The van der Waals surface area contributed by atoms with Crippen molar-refractivity contribution < 1.29 is 9.84 Å². The Bertz CT molecular complexity index is 1100. The number of anilines is 1. The molecule has 1 saturated carbocycles. The van der Waals surface area contributed by atoms with E-state index in [1.165, 1.54) is 25.6 Å². The van der Waals surface area contributed by atoms with Gasteiger partial charge in [-0.3, -0.25) is 0 Å². The van der Waals surface area contributed by atoms with Gasteiger partial charge in [-0.15, -0.1) is 10.2 Å². The van der Waals surface area contributed by atoms with Crippen molar-refractivity contribution in [2.24, 2.45) is 0 Å². The van der Waals surface area contributed by atoms with E-state index in [0.717, 1.165) is 30.9 Å². The Morgan fingerprint density at radius 1 is 1.09 bits per heavy atom. The molecule has 2 aromatic heterocycles. The maximum absolute atomic E-state index is 10.6. The van der Waals surface area contributed by atoms with Gasteiger partial charge in [0.25, 0.3) is 0 Å². The van der Waals surface area contributed by atoms with Crippen LogP contribution in [0.1, 0.15) is 32.6 Å². The average molecular weight is 433 g/mol. The molecule has 8 nitrogen and oxygen atoms in total. The maximum atomic E-state index is 10.6. The van der Waals surface area contributed by atoms with Crippen molar-refractivity contribution in [3.05, 3.63) is 42.7 Å². The lowest BCUT2D eigenvalue weighted by Gasteiger charge is -2.41. The number of nitrogens with one attached hydrogen (secondary N) is 1. The number of benzene rings is 1. The molecule has 1 aromatic carbocycles. The molecule has 5 rings (SSSR count). The second kappa shape index (κ2) is 8.35. The molecule has 1 aliphatic carbocycles. The summed E-state index contributed by atoms with van der Waals surface area (Å²) in [6.07, 6.45) is 6.42. The number of methoxy groups -OCH3 is 1. The van der Waals surface area contributed by atoms with Crippen molar-refractivity contribution in [3.63, 3.8) is 0 Å². The molecule has 0 spiro atoms. The number of aromatic hydroxyl groups is 1. The Hall–Kier alpha value is -3.26. The van der Waals surface area contributed by atoms with E-state index in [2.05, 4.69) is 37.3 Å². The van der Waals surface area contributed by atoms with Gasteiger partial charge in [-0.05, 0) is 56.9 Å². The molecule has 0 amide bonds. The highest BCUT2D eigenvalue weighted by atomic mass is 16.5. The summed E-state index contributed by atoms with van der Waals surface area (Å²) in [5, 5.41) is 23.3. The number of hydrogen-bond donors (Lipinski definition) is 2. The monoisotopic (exact) mass is 432 g/mol. The van der Waals surface area contributed by atoms with Gasteiger partial charge < -0.3 is 20.1 Å². The number of rotatable bonds is 6. The van der Waals surface area contributed by atoms with Crippen molar-refractivity contribution in [2.45, 2.75) is 44.2 Å². The molecule has 1 aliphatic heterocycles. The van der Waals surface area contributed by atoms with E-state index < -0.39 is 0 Å². The molecule has 32 heavy (non-hydrogen) atoms. The quantitative estimate of drug-likeness (QED) is 0.612. The standard InChI is InChI=1S/C24H28N6O2/c1-24(9-3-10-24)27-17-8-11-30(14-17)22-7-6-19(28-29-22)18-5-4-16(12-21(18)31)20-13-23(32-2)26-15-25-20/h4-7,12-13,15,17,27,31H,3,8-11,14H2,1-2H3/t17-/m1/s1. The molecule has 2 fully saturated rings. The molecule has 3 aromatic rings. The van der Waals surface area contributed by atoms with Crippen LogP contribution in [0, 0.1) is 0 Å². The second-order valence-electron chi connectivity index (χ2n) is 8.94. The van der Waals surface area contributed by atoms with Gasteiger partial charge in [-0.2, -0.15) is 0 Å². The summed E-state index contributed by atoms with van der Waals surface area (Å²) in [6, 6.07) is 11.5. The average Bonchev–Trinajstić information content (AvgIpc) is 3.26. The molecular formula is C24H28N6O2. The van der Waals surface area contributed by atoms with Crippen LogP contribution >= 0.6 is 0 Å². The summed E-state index contributed by atoms with van der Waals surface area (Å²) in [7, 11) is 1.56. The van der Waals surface area contributed by atoms with Crippen LogP contribution in [0.3, 0.4) is 0 Å². The fourth-order valence-electron chi connectivity index (χ4n) is 4.58. The summed E-state index contributed by atoms with van der Waals surface area (Å²) < 4.78 is 5.15. The normalized spacial score (nSPS) is 19.6. The molecule has 2 aliphatic rings. The highest BCUT2D eigenvalue weighted by Crippen LogP contribution is 2.34. The number of ether oxygens (including phenoxy) is 1. The van der Waals surface area contributed by atoms with E-state index >= 15 is 0 Å². The van der Waals surface area contributed by atoms with E-state index in [1.807, 2.05) is 24.3 Å². The van der Waals surface area contributed by atoms with Gasteiger partial charge in [0.15, 0.2) is 5.82 Å². The Morgan fingerprint density at radius 2 is 1.97 bits per heavy atom. The van der Waals surface area contributed by atoms with Crippen LogP contribution in [0.25, 0.3) is 22.5 Å². The minimum Gasteiger partial charge on any atom is -0.507 e. The van der Waals surface area contributed by atoms with Gasteiger partial charge in [0, 0.05) is 41.9 Å². The minimum atomic E-state index is 0.126. The first-order valence-corrected chi connectivity index (χ1v) is 11.1. The smallest absolute Gasteiger partial charge is 0.216 e. The first-order chi connectivity index (χ1) is 15.5. The van der Waals surface area contributed by atoms with E-state index in [1.54, 1.807) is 19.2 Å². The van der Waals surface area contributed by atoms with Gasteiger partial charge in [0.2, 0.25) is 5.88 Å². The summed E-state index contributed by atoms with van der Waals surface area (Å²) >= 11 is 0. The van der Waals surface area contributed by atoms with Crippen LogP contribution in [-0.2, 0) is 0 Å². The van der Waals surface area contributed by atoms with Gasteiger partial charge in [-0.1, -0.05) is 6.07 Å². The molecular weight excluding hydrogens is 404 g/mol. The molecule has 0 bridgehead atoms. The highest BCUT2D eigenvalue weighted by Gasteiger charge is 2.35. The van der Waals surface area contributed by atoms with Crippen LogP contribution in [0.4, 0.5) is 5.82 Å².